The lowest BCUT2D eigenvalue weighted by Gasteiger charge is -2.10. The molecule has 1 aromatic rings. The number of amides is 1. The van der Waals surface area contributed by atoms with Gasteiger partial charge in [-0.25, -0.2) is 4.98 Å². The van der Waals surface area contributed by atoms with Gasteiger partial charge in [0.05, 0.1) is 5.69 Å². The van der Waals surface area contributed by atoms with Gasteiger partial charge in [0, 0.05) is 30.2 Å². The van der Waals surface area contributed by atoms with Gasteiger partial charge in [0.2, 0.25) is 0 Å². The predicted octanol–water partition coefficient (Wildman–Crippen LogP) is 2.42. The Hall–Kier alpha value is -2.95. The topological polar surface area (TPSA) is 72.2 Å². The summed E-state index contributed by atoms with van der Waals surface area (Å²) >= 11 is 0. The molecule has 1 N–H and O–H groups in total. The summed E-state index contributed by atoms with van der Waals surface area (Å²) in [5, 5.41) is 2.83. The normalized spacial score (nSPS) is 10.7. The molecule has 5 nitrogen and oxygen atoms in total. The lowest BCUT2D eigenvalue weighted by molar-refractivity contribution is 0.0953. The quantitative estimate of drug-likeness (QED) is 0.803. The summed E-state index contributed by atoms with van der Waals surface area (Å²) in [5.41, 5.74) is 2.13. The third kappa shape index (κ3) is 3.45. The van der Waals surface area contributed by atoms with Crippen molar-refractivity contribution in [1.82, 2.24) is 10.3 Å². The van der Waals surface area contributed by atoms with Gasteiger partial charge in [-0.3, -0.25) is 9.59 Å². The van der Waals surface area contributed by atoms with Crippen molar-refractivity contribution in [1.29, 1.82) is 0 Å². The molecule has 0 saturated heterocycles. The molecule has 1 heterocycles. The molecule has 0 fully saturated rings. The van der Waals surface area contributed by atoms with E-state index in [4.69, 9.17) is 4.42 Å². The molecule has 0 unspecified atom stereocenters. The largest absolute Gasteiger partial charge is 0.442 e. The van der Waals surface area contributed by atoms with Crippen molar-refractivity contribution in [2.24, 2.45) is 0 Å². The number of rotatable bonds is 4. The Morgan fingerprint density at radius 2 is 1.96 bits per heavy atom. The van der Waals surface area contributed by atoms with Crippen LogP contribution < -0.4 is 10.7 Å². The van der Waals surface area contributed by atoms with E-state index >= 15 is 0 Å². The molecule has 0 bridgehead atoms. The van der Waals surface area contributed by atoms with Crippen molar-refractivity contribution in [3.63, 3.8) is 0 Å². The number of carbonyl (C=O) groups is 1. The highest BCUT2D eigenvalue weighted by Gasteiger charge is 2.12. The van der Waals surface area contributed by atoms with Gasteiger partial charge in [-0.1, -0.05) is 18.2 Å². The smallest absolute Gasteiger partial charge is 0.251 e. The van der Waals surface area contributed by atoms with Crippen molar-refractivity contribution >= 4 is 5.91 Å². The Labute approximate surface area is 133 Å². The van der Waals surface area contributed by atoms with E-state index in [1.165, 1.54) is 12.1 Å². The van der Waals surface area contributed by atoms with Crippen molar-refractivity contribution in [2.75, 3.05) is 6.54 Å². The fourth-order valence-corrected chi connectivity index (χ4v) is 2.36. The highest BCUT2D eigenvalue weighted by atomic mass is 16.3. The second-order valence-corrected chi connectivity index (χ2v) is 5.22. The number of benzene rings is 2. The Morgan fingerprint density at radius 3 is 2.74 bits per heavy atom. The second kappa shape index (κ2) is 6.44. The number of nitrogens with one attached hydrogen (secondary N) is 1. The van der Waals surface area contributed by atoms with Crippen molar-refractivity contribution in [2.45, 2.75) is 13.3 Å². The van der Waals surface area contributed by atoms with Crippen molar-refractivity contribution in [3.05, 3.63) is 75.9 Å². The fourth-order valence-electron chi connectivity index (χ4n) is 2.36. The van der Waals surface area contributed by atoms with Crippen LogP contribution >= 0.6 is 0 Å². The molecule has 0 atom stereocenters. The standard InChI is InChI=1S/C18H16N2O3/c1-12-15-8-7-14(21)11-16(15)23-17(20-12)9-10-19-18(22)13-5-3-2-4-6-13/h2-8,11H,9-10H2,1H3,(H,19,22). The minimum absolute atomic E-state index is 0.102. The third-order valence-electron chi connectivity index (χ3n) is 3.52. The first-order valence-electron chi connectivity index (χ1n) is 7.37. The SMILES string of the molecule is Cc1nc(CCNC(=O)c2ccccc2)oc2cc(=O)ccc1-2. The monoisotopic (exact) mass is 308 g/mol. The van der Waals surface area contributed by atoms with E-state index in [9.17, 15) is 9.59 Å². The van der Waals surface area contributed by atoms with Crippen LogP contribution in [-0.4, -0.2) is 17.4 Å². The maximum absolute atomic E-state index is 12.0. The maximum atomic E-state index is 12.0. The van der Waals surface area contributed by atoms with Crippen LogP contribution in [0.3, 0.4) is 0 Å². The predicted molar refractivity (Wildman–Crippen MR) is 86.6 cm³/mol. The van der Waals surface area contributed by atoms with Gasteiger partial charge in [-0.2, -0.15) is 0 Å². The number of hydrogen-bond acceptors (Lipinski definition) is 4. The molecule has 3 rings (SSSR count). The summed E-state index contributed by atoms with van der Waals surface area (Å²) in [5.74, 6) is 0.883. The summed E-state index contributed by atoms with van der Waals surface area (Å²) in [6.07, 6.45) is 0.457. The first-order valence-corrected chi connectivity index (χ1v) is 7.37. The zero-order valence-corrected chi connectivity index (χ0v) is 12.7. The van der Waals surface area contributed by atoms with Gasteiger partial charge in [-0.05, 0) is 31.2 Å². The van der Waals surface area contributed by atoms with Crippen LogP contribution in [0, 0.1) is 6.92 Å². The van der Waals surface area contributed by atoms with E-state index in [-0.39, 0.29) is 11.3 Å². The molecule has 0 saturated carbocycles. The highest BCUT2D eigenvalue weighted by Crippen LogP contribution is 2.23. The molecule has 2 aliphatic rings. The summed E-state index contributed by atoms with van der Waals surface area (Å²) in [6, 6.07) is 13.7. The minimum atomic E-state index is -0.134. The molecule has 1 aliphatic heterocycles. The van der Waals surface area contributed by atoms with Gasteiger partial charge in [-0.15, -0.1) is 0 Å². The summed E-state index contributed by atoms with van der Waals surface area (Å²) in [7, 11) is 0. The lowest BCUT2D eigenvalue weighted by atomic mass is 10.1. The van der Waals surface area contributed by atoms with E-state index in [2.05, 4.69) is 10.3 Å². The number of aryl methyl sites for hydroxylation is 1. The Morgan fingerprint density at radius 1 is 1.17 bits per heavy atom. The second-order valence-electron chi connectivity index (χ2n) is 5.22. The molecule has 0 radical (unpaired) electrons. The molecule has 5 heteroatoms. The van der Waals surface area contributed by atoms with E-state index in [1.54, 1.807) is 18.2 Å². The molecule has 116 valence electrons. The molecular formula is C18H16N2O3. The van der Waals surface area contributed by atoms with Gasteiger partial charge < -0.3 is 9.73 Å². The number of fused-ring (bicyclic) bond motifs is 1. The zero-order valence-electron chi connectivity index (χ0n) is 12.7. The van der Waals surface area contributed by atoms with Crippen LogP contribution in [0.1, 0.15) is 21.9 Å². The van der Waals surface area contributed by atoms with Gasteiger partial charge >= 0.3 is 0 Å². The fraction of sp³-hybridized carbons (Fsp3) is 0.167. The molecule has 1 aromatic carbocycles. The average Bonchev–Trinajstić information content (AvgIpc) is 2.55. The molecule has 0 spiro atoms. The van der Waals surface area contributed by atoms with E-state index < -0.39 is 0 Å². The van der Waals surface area contributed by atoms with Gasteiger partial charge in [0.15, 0.2) is 11.3 Å². The van der Waals surface area contributed by atoms with E-state index in [1.807, 2.05) is 25.1 Å². The number of aromatic nitrogens is 1. The molecule has 0 aromatic heterocycles. The highest BCUT2D eigenvalue weighted by molar-refractivity contribution is 5.94. The molecule has 23 heavy (non-hydrogen) atoms. The van der Waals surface area contributed by atoms with Crippen LogP contribution in [0.5, 0.6) is 0 Å². The number of hydrogen-bond donors (Lipinski definition) is 1. The van der Waals surface area contributed by atoms with Crippen molar-refractivity contribution in [3.8, 4) is 11.3 Å². The Bertz CT molecular complexity index is 856. The van der Waals surface area contributed by atoms with Crippen LogP contribution in [0.2, 0.25) is 0 Å². The van der Waals surface area contributed by atoms with Crippen LogP contribution in [0.4, 0.5) is 0 Å². The number of carbonyl (C=O) groups excluding carboxylic acids is 1. The Kier molecular flexibility index (Phi) is 4.19. The molecular weight excluding hydrogens is 292 g/mol. The van der Waals surface area contributed by atoms with Crippen LogP contribution in [-0.2, 0) is 6.42 Å². The minimum Gasteiger partial charge on any atom is -0.442 e. The molecule has 1 aliphatic carbocycles. The number of nitrogens with zero attached hydrogens (tertiary/aromatic N) is 1. The van der Waals surface area contributed by atoms with E-state index in [0.29, 0.717) is 30.2 Å². The first-order chi connectivity index (χ1) is 11.1. The van der Waals surface area contributed by atoms with Gasteiger partial charge in [0.1, 0.15) is 5.76 Å². The first kappa shape index (κ1) is 15.0. The van der Waals surface area contributed by atoms with Crippen molar-refractivity contribution < 1.29 is 9.21 Å². The average molecular weight is 308 g/mol. The third-order valence-corrected chi connectivity index (χ3v) is 3.52. The van der Waals surface area contributed by atoms with Gasteiger partial charge in [0.25, 0.3) is 5.91 Å². The van der Waals surface area contributed by atoms with Crippen LogP contribution in [0.25, 0.3) is 11.3 Å². The summed E-state index contributed by atoms with van der Waals surface area (Å²) < 4.78 is 5.65. The summed E-state index contributed by atoms with van der Waals surface area (Å²) in [4.78, 5) is 27.8. The van der Waals surface area contributed by atoms with Crippen LogP contribution in [0.15, 0.2) is 57.7 Å². The lowest BCUT2D eigenvalue weighted by Crippen LogP contribution is -2.25. The van der Waals surface area contributed by atoms with E-state index in [0.717, 1.165) is 11.3 Å². The maximum Gasteiger partial charge on any atom is 0.251 e. The molecule has 1 amide bonds. The Balaban J connectivity index is 1.69. The zero-order chi connectivity index (χ0) is 16.2. The summed E-state index contributed by atoms with van der Waals surface area (Å²) in [6.45, 7) is 2.28.